The number of carbonyl (C=O) groups is 1. The van der Waals surface area contributed by atoms with E-state index >= 15 is 0 Å². The molecule has 1 saturated heterocycles. The minimum absolute atomic E-state index is 0.121. The number of aromatic amines is 1. The summed E-state index contributed by atoms with van der Waals surface area (Å²) in [5.74, 6) is 0.121. The molecule has 0 unspecified atom stereocenters. The van der Waals surface area contributed by atoms with E-state index in [1.807, 2.05) is 24.1 Å². The van der Waals surface area contributed by atoms with Gasteiger partial charge in [0.25, 0.3) is 5.56 Å². The van der Waals surface area contributed by atoms with E-state index in [1.54, 1.807) is 0 Å². The monoisotopic (exact) mass is 400 g/mol. The third kappa shape index (κ3) is 5.45. The van der Waals surface area contributed by atoms with Crippen LogP contribution in [0.1, 0.15) is 23.2 Å². The minimum Gasteiger partial charge on any atom is -0.340 e. The maximum Gasteiger partial charge on any atom is 0.254 e. The average molecular weight is 401 g/mol. The first-order chi connectivity index (χ1) is 13.6. The van der Waals surface area contributed by atoms with E-state index in [0.29, 0.717) is 29.3 Å². The van der Waals surface area contributed by atoms with Crippen molar-refractivity contribution >= 4 is 17.7 Å². The number of nitrogens with zero attached hydrogens (tertiary/aromatic N) is 3. The molecule has 1 aromatic heterocycles. The number of carbonyl (C=O) groups excluding carboxylic acids is 1. The zero-order valence-corrected chi connectivity index (χ0v) is 17.4. The largest absolute Gasteiger partial charge is 0.340 e. The van der Waals surface area contributed by atoms with Crippen molar-refractivity contribution in [2.24, 2.45) is 0 Å². The minimum atomic E-state index is -0.129. The van der Waals surface area contributed by atoms with Gasteiger partial charge in [-0.3, -0.25) is 14.5 Å². The number of thioether (sulfide) groups is 1. The number of benzene rings is 1. The van der Waals surface area contributed by atoms with Crippen molar-refractivity contribution in [2.75, 3.05) is 39.0 Å². The number of aryl methyl sites for hydroxylation is 1. The van der Waals surface area contributed by atoms with Crippen LogP contribution in [-0.4, -0.2) is 64.7 Å². The fraction of sp³-hybridized carbons (Fsp3) is 0.476. The van der Waals surface area contributed by atoms with Gasteiger partial charge in [0.15, 0.2) is 5.16 Å². The standard InChI is InChI=1S/C21H28N4O2S/c1-16-18(20(27)23-21(22-16)28-2)8-9-19(26)25-14-12-24(13-15-25)11-10-17-6-4-3-5-7-17/h3-7H,8-15H2,1-2H3,(H,22,23,27). The predicted octanol–water partition coefficient (Wildman–Crippen LogP) is 2.12. The summed E-state index contributed by atoms with van der Waals surface area (Å²) in [5, 5.41) is 0.615. The number of H-pyrrole nitrogens is 1. The highest BCUT2D eigenvalue weighted by molar-refractivity contribution is 7.98. The Labute approximate surface area is 170 Å². The zero-order chi connectivity index (χ0) is 19.9. The van der Waals surface area contributed by atoms with Crippen LogP contribution in [0.5, 0.6) is 0 Å². The molecule has 1 amide bonds. The van der Waals surface area contributed by atoms with Gasteiger partial charge >= 0.3 is 0 Å². The number of piperazine rings is 1. The van der Waals surface area contributed by atoms with Crippen LogP contribution in [0.4, 0.5) is 0 Å². The van der Waals surface area contributed by atoms with E-state index in [2.05, 4.69) is 39.1 Å². The van der Waals surface area contributed by atoms with Crippen LogP contribution in [0, 0.1) is 6.92 Å². The molecule has 0 saturated carbocycles. The summed E-state index contributed by atoms with van der Waals surface area (Å²) in [6.45, 7) is 6.18. The van der Waals surface area contributed by atoms with Crippen molar-refractivity contribution in [3.8, 4) is 0 Å². The summed E-state index contributed by atoms with van der Waals surface area (Å²) in [6.07, 6.45) is 3.71. The summed E-state index contributed by atoms with van der Waals surface area (Å²) in [4.78, 5) is 36.3. The first-order valence-electron chi connectivity index (χ1n) is 9.74. The van der Waals surface area contributed by atoms with Crippen LogP contribution in [0.25, 0.3) is 0 Å². The fourth-order valence-electron chi connectivity index (χ4n) is 3.52. The zero-order valence-electron chi connectivity index (χ0n) is 16.6. The second kappa shape index (κ2) is 9.89. The molecule has 0 radical (unpaired) electrons. The number of hydrogen-bond acceptors (Lipinski definition) is 5. The average Bonchev–Trinajstić information content (AvgIpc) is 2.72. The summed E-state index contributed by atoms with van der Waals surface area (Å²) >= 11 is 1.41. The Kier molecular flexibility index (Phi) is 7.28. The van der Waals surface area contributed by atoms with E-state index < -0.39 is 0 Å². The molecular formula is C21H28N4O2S. The van der Waals surface area contributed by atoms with Crippen LogP contribution in [0.15, 0.2) is 40.3 Å². The van der Waals surface area contributed by atoms with Gasteiger partial charge in [-0.2, -0.15) is 0 Å². The molecule has 1 aliphatic rings. The molecule has 1 aromatic carbocycles. The Morgan fingerprint density at radius 3 is 2.50 bits per heavy atom. The smallest absolute Gasteiger partial charge is 0.254 e. The second-order valence-corrected chi connectivity index (χ2v) is 7.89. The van der Waals surface area contributed by atoms with Gasteiger partial charge < -0.3 is 9.88 Å². The summed E-state index contributed by atoms with van der Waals surface area (Å²) in [6, 6.07) is 10.5. The topological polar surface area (TPSA) is 69.3 Å². The molecule has 2 aromatic rings. The number of nitrogens with one attached hydrogen (secondary N) is 1. The lowest BCUT2D eigenvalue weighted by Crippen LogP contribution is -2.49. The van der Waals surface area contributed by atoms with Crippen molar-refractivity contribution in [3.05, 3.63) is 57.5 Å². The Morgan fingerprint density at radius 2 is 1.86 bits per heavy atom. The molecule has 1 aliphatic heterocycles. The molecule has 0 spiro atoms. The Morgan fingerprint density at radius 1 is 1.14 bits per heavy atom. The SMILES string of the molecule is CSc1nc(C)c(CCC(=O)N2CCN(CCc3ccccc3)CC2)c(=O)[nH]1. The third-order valence-electron chi connectivity index (χ3n) is 5.27. The highest BCUT2D eigenvalue weighted by Crippen LogP contribution is 2.11. The van der Waals surface area contributed by atoms with Crippen molar-refractivity contribution in [1.82, 2.24) is 19.8 Å². The first-order valence-corrected chi connectivity index (χ1v) is 11.0. The van der Waals surface area contributed by atoms with Crippen molar-refractivity contribution < 1.29 is 4.79 Å². The van der Waals surface area contributed by atoms with Crippen molar-refractivity contribution in [1.29, 1.82) is 0 Å². The van der Waals surface area contributed by atoms with E-state index in [-0.39, 0.29) is 11.5 Å². The van der Waals surface area contributed by atoms with E-state index in [1.165, 1.54) is 17.3 Å². The highest BCUT2D eigenvalue weighted by Gasteiger charge is 2.21. The third-order valence-corrected chi connectivity index (χ3v) is 5.85. The van der Waals surface area contributed by atoms with Gasteiger partial charge in [0, 0.05) is 50.4 Å². The van der Waals surface area contributed by atoms with Gasteiger partial charge in [0.05, 0.1) is 0 Å². The molecule has 1 N–H and O–H groups in total. The Hall–Kier alpha value is -2.12. The van der Waals surface area contributed by atoms with Crippen LogP contribution in [-0.2, 0) is 17.6 Å². The number of hydrogen-bond donors (Lipinski definition) is 1. The van der Waals surface area contributed by atoms with Gasteiger partial charge in [-0.05, 0) is 31.6 Å². The Bertz CT molecular complexity index is 845. The van der Waals surface area contributed by atoms with E-state index in [0.717, 1.165) is 39.1 Å². The van der Waals surface area contributed by atoms with Crippen LogP contribution in [0.3, 0.4) is 0 Å². The van der Waals surface area contributed by atoms with Gasteiger partial charge in [-0.15, -0.1) is 0 Å². The van der Waals surface area contributed by atoms with E-state index in [9.17, 15) is 9.59 Å². The normalized spacial score (nSPS) is 15.0. The van der Waals surface area contributed by atoms with E-state index in [4.69, 9.17) is 0 Å². The predicted molar refractivity (Wildman–Crippen MR) is 113 cm³/mol. The molecular weight excluding hydrogens is 372 g/mol. The molecule has 0 bridgehead atoms. The fourth-order valence-corrected chi connectivity index (χ4v) is 3.94. The number of amides is 1. The lowest BCUT2D eigenvalue weighted by molar-refractivity contribution is -0.132. The molecule has 28 heavy (non-hydrogen) atoms. The molecule has 150 valence electrons. The van der Waals surface area contributed by atoms with Crippen LogP contribution < -0.4 is 5.56 Å². The summed E-state index contributed by atoms with van der Waals surface area (Å²) in [7, 11) is 0. The molecule has 6 nitrogen and oxygen atoms in total. The van der Waals surface area contributed by atoms with Crippen LogP contribution >= 0.6 is 11.8 Å². The van der Waals surface area contributed by atoms with Gasteiger partial charge in [-0.1, -0.05) is 42.1 Å². The lowest BCUT2D eigenvalue weighted by Gasteiger charge is -2.34. The first kappa shape index (κ1) is 20.6. The van der Waals surface area contributed by atoms with Gasteiger partial charge in [-0.25, -0.2) is 4.98 Å². The quantitative estimate of drug-likeness (QED) is 0.570. The van der Waals surface area contributed by atoms with Gasteiger partial charge in [0.2, 0.25) is 5.91 Å². The molecule has 7 heteroatoms. The molecule has 2 heterocycles. The van der Waals surface area contributed by atoms with Gasteiger partial charge in [0.1, 0.15) is 0 Å². The molecule has 3 rings (SSSR count). The lowest BCUT2D eigenvalue weighted by atomic mass is 10.1. The molecule has 0 aliphatic carbocycles. The van der Waals surface area contributed by atoms with Crippen molar-refractivity contribution in [2.45, 2.75) is 31.3 Å². The summed E-state index contributed by atoms with van der Waals surface area (Å²) in [5.41, 5.74) is 2.55. The number of aromatic nitrogens is 2. The maximum atomic E-state index is 12.6. The highest BCUT2D eigenvalue weighted by atomic mass is 32.2. The van der Waals surface area contributed by atoms with Crippen molar-refractivity contribution in [3.63, 3.8) is 0 Å². The number of rotatable bonds is 7. The second-order valence-electron chi connectivity index (χ2n) is 7.10. The van der Waals surface area contributed by atoms with Crippen LogP contribution in [0.2, 0.25) is 0 Å². The molecule has 1 fully saturated rings. The maximum absolute atomic E-state index is 12.6. The Balaban J connectivity index is 1.45. The molecule has 0 atom stereocenters. The summed E-state index contributed by atoms with van der Waals surface area (Å²) < 4.78 is 0.